The summed E-state index contributed by atoms with van der Waals surface area (Å²) in [5.41, 5.74) is 2.07. The van der Waals surface area contributed by atoms with E-state index in [4.69, 9.17) is 0 Å². The zero-order valence-corrected chi connectivity index (χ0v) is 13.1. The summed E-state index contributed by atoms with van der Waals surface area (Å²) >= 11 is 0. The molecule has 0 fully saturated rings. The van der Waals surface area contributed by atoms with E-state index in [-0.39, 0.29) is 5.78 Å². The van der Waals surface area contributed by atoms with Crippen molar-refractivity contribution in [2.75, 3.05) is 0 Å². The van der Waals surface area contributed by atoms with Crippen LogP contribution in [0.25, 0.3) is 6.08 Å². The largest absolute Gasteiger partial charge is 0.330 e. The van der Waals surface area contributed by atoms with E-state index < -0.39 is 11.2 Å². The summed E-state index contributed by atoms with van der Waals surface area (Å²) in [7, 11) is 2.97. The van der Waals surface area contributed by atoms with Gasteiger partial charge >= 0.3 is 5.69 Å². The van der Waals surface area contributed by atoms with Crippen LogP contribution < -0.4 is 11.2 Å². The van der Waals surface area contributed by atoms with Crippen LogP contribution in [0, 0.1) is 13.8 Å². The first-order valence-electron chi connectivity index (χ1n) is 6.87. The minimum atomic E-state index is -0.424. The zero-order chi connectivity index (χ0) is 16.4. The normalized spacial score (nSPS) is 11.1. The zero-order valence-electron chi connectivity index (χ0n) is 13.1. The van der Waals surface area contributed by atoms with E-state index in [0.29, 0.717) is 11.1 Å². The van der Waals surface area contributed by atoms with Crippen molar-refractivity contribution in [3.05, 3.63) is 73.6 Å². The van der Waals surface area contributed by atoms with Gasteiger partial charge in [-0.1, -0.05) is 17.2 Å². The average molecular weight is 298 g/mol. The van der Waals surface area contributed by atoms with Crippen LogP contribution in [0.4, 0.5) is 0 Å². The maximum absolute atomic E-state index is 12.2. The van der Waals surface area contributed by atoms with Crippen LogP contribution in [-0.2, 0) is 14.1 Å². The van der Waals surface area contributed by atoms with Crippen molar-refractivity contribution < 1.29 is 4.79 Å². The third-order valence-corrected chi connectivity index (χ3v) is 3.39. The third kappa shape index (κ3) is 3.14. The van der Waals surface area contributed by atoms with Gasteiger partial charge in [-0.05, 0) is 38.1 Å². The molecule has 0 unspecified atom stereocenters. The summed E-state index contributed by atoms with van der Waals surface area (Å²) in [6.07, 6.45) is 4.23. The molecule has 0 bridgehead atoms. The number of nitrogens with zero attached hydrogens (tertiary/aromatic N) is 2. The molecule has 114 valence electrons. The quantitative estimate of drug-likeness (QED) is 0.639. The summed E-state index contributed by atoms with van der Waals surface area (Å²) in [6.45, 7) is 3.85. The van der Waals surface area contributed by atoms with Crippen LogP contribution in [0.5, 0.6) is 0 Å². The molecule has 5 nitrogen and oxygen atoms in total. The van der Waals surface area contributed by atoms with E-state index in [1.807, 2.05) is 19.9 Å². The van der Waals surface area contributed by atoms with Crippen LogP contribution in [-0.4, -0.2) is 14.9 Å². The molecule has 22 heavy (non-hydrogen) atoms. The van der Waals surface area contributed by atoms with Gasteiger partial charge in [0.2, 0.25) is 0 Å². The Balaban J connectivity index is 2.39. The Labute approximate surface area is 128 Å². The van der Waals surface area contributed by atoms with Crippen molar-refractivity contribution in [3.8, 4) is 0 Å². The molecule has 0 saturated carbocycles. The minimum Gasteiger partial charge on any atom is -0.303 e. The molecule has 0 amide bonds. The van der Waals surface area contributed by atoms with Crippen molar-refractivity contribution in [1.82, 2.24) is 9.13 Å². The molecule has 0 aliphatic heterocycles. The Morgan fingerprint density at radius 3 is 2.23 bits per heavy atom. The lowest BCUT2D eigenvalue weighted by atomic mass is 10.0. The molecule has 2 rings (SSSR count). The van der Waals surface area contributed by atoms with E-state index in [2.05, 4.69) is 0 Å². The third-order valence-electron chi connectivity index (χ3n) is 3.39. The average Bonchev–Trinajstić information content (AvgIpc) is 2.46. The summed E-state index contributed by atoms with van der Waals surface area (Å²) in [6, 6.07) is 5.60. The van der Waals surface area contributed by atoms with Crippen molar-refractivity contribution in [1.29, 1.82) is 0 Å². The second-order valence-electron chi connectivity index (χ2n) is 5.42. The number of carbonyl (C=O) groups is 1. The molecule has 2 aromatic rings. The summed E-state index contributed by atoms with van der Waals surface area (Å²) < 4.78 is 2.32. The molecule has 0 radical (unpaired) electrons. The molecular weight excluding hydrogens is 280 g/mol. The highest BCUT2D eigenvalue weighted by molar-refractivity contribution is 6.07. The highest BCUT2D eigenvalue weighted by atomic mass is 16.2. The van der Waals surface area contributed by atoms with E-state index in [1.54, 1.807) is 19.2 Å². The van der Waals surface area contributed by atoms with Gasteiger partial charge in [-0.15, -0.1) is 0 Å². The Morgan fingerprint density at radius 1 is 1.05 bits per heavy atom. The molecule has 1 aromatic heterocycles. The van der Waals surface area contributed by atoms with Crippen molar-refractivity contribution in [2.45, 2.75) is 13.8 Å². The van der Waals surface area contributed by atoms with Crippen molar-refractivity contribution in [2.24, 2.45) is 14.1 Å². The Kier molecular flexibility index (Phi) is 4.26. The smallest absolute Gasteiger partial charge is 0.303 e. The molecule has 0 N–H and O–H groups in total. The van der Waals surface area contributed by atoms with Crippen LogP contribution in [0.1, 0.15) is 27.0 Å². The highest BCUT2D eigenvalue weighted by Crippen LogP contribution is 2.10. The van der Waals surface area contributed by atoms with Gasteiger partial charge in [0, 0.05) is 25.9 Å². The fourth-order valence-corrected chi connectivity index (χ4v) is 2.33. The first kappa shape index (κ1) is 15.7. The number of allylic oxidation sites excluding steroid dienone is 1. The van der Waals surface area contributed by atoms with Crippen LogP contribution in [0.2, 0.25) is 0 Å². The van der Waals surface area contributed by atoms with Gasteiger partial charge in [0.05, 0.1) is 5.56 Å². The topological polar surface area (TPSA) is 61.1 Å². The molecule has 0 atom stereocenters. The first-order chi connectivity index (χ1) is 10.3. The summed E-state index contributed by atoms with van der Waals surface area (Å²) in [4.78, 5) is 35.8. The lowest BCUT2D eigenvalue weighted by Gasteiger charge is -2.03. The lowest BCUT2D eigenvalue weighted by Crippen LogP contribution is -2.37. The Morgan fingerprint density at radius 2 is 1.64 bits per heavy atom. The van der Waals surface area contributed by atoms with Gasteiger partial charge < -0.3 is 4.57 Å². The molecule has 1 heterocycles. The molecule has 0 spiro atoms. The number of hydrogen-bond acceptors (Lipinski definition) is 3. The number of aromatic nitrogens is 2. The number of carbonyl (C=O) groups excluding carboxylic acids is 1. The monoisotopic (exact) mass is 298 g/mol. The van der Waals surface area contributed by atoms with E-state index >= 15 is 0 Å². The summed E-state index contributed by atoms with van der Waals surface area (Å²) in [5.74, 6) is -0.178. The van der Waals surface area contributed by atoms with Gasteiger partial charge in [-0.25, -0.2) is 4.79 Å². The molecule has 0 aliphatic carbocycles. The van der Waals surface area contributed by atoms with Gasteiger partial charge in [0.15, 0.2) is 5.78 Å². The first-order valence-corrected chi connectivity index (χ1v) is 6.87. The fraction of sp³-hybridized carbons (Fsp3) is 0.235. The van der Waals surface area contributed by atoms with Gasteiger partial charge in [0.1, 0.15) is 0 Å². The molecule has 0 saturated heterocycles. The molecule has 0 aliphatic rings. The van der Waals surface area contributed by atoms with Crippen molar-refractivity contribution in [3.63, 3.8) is 0 Å². The highest BCUT2D eigenvalue weighted by Gasteiger charge is 2.06. The van der Waals surface area contributed by atoms with Crippen molar-refractivity contribution >= 4 is 11.9 Å². The van der Waals surface area contributed by atoms with Gasteiger partial charge in [-0.3, -0.25) is 14.2 Å². The van der Waals surface area contributed by atoms with Crippen LogP contribution in [0.15, 0.2) is 40.1 Å². The SMILES string of the molecule is Cc1cc(C)cc(C(=O)C=Cc2cn(C)c(=O)n(C)c2=O)c1. The van der Waals surface area contributed by atoms with Gasteiger partial charge in [0.25, 0.3) is 5.56 Å². The fourth-order valence-electron chi connectivity index (χ4n) is 2.33. The van der Waals surface area contributed by atoms with E-state index in [1.165, 1.54) is 30.0 Å². The lowest BCUT2D eigenvalue weighted by molar-refractivity contribution is 0.104. The standard InChI is InChI=1S/C17H18N2O3/c1-11-7-12(2)9-14(8-11)15(20)6-5-13-10-18(3)17(22)19(4)16(13)21/h5-10H,1-4H3. The Hall–Kier alpha value is -2.69. The maximum atomic E-state index is 12.2. The molecular formula is C17H18N2O3. The number of hydrogen-bond donors (Lipinski definition) is 0. The number of aryl methyl sites for hydroxylation is 3. The predicted molar refractivity (Wildman–Crippen MR) is 86.2 cm³/mol. The maximum Gasteiger partial charge on any atom is 0.330 e. The second-order valence-corrected chi connectivity index (χ2v) is 5.42. The number of rotatable bonds is 3. The molecule has 1 aromatic carbocycles. The minimum absolute atomic E-state index is 0.178. The molecule has 5 heteroatoms. The van der Waals surface area contributed by atoms with E-state index in [0.717, 1.165) is 15.7 Å². The summed E-state index contributed by atoms with van der Waals surface area (Å²) in [5, 5.41) is 0. The predicted octanol–water partition coefficient (Wildman–Crippen LogP) is 1.60. The van der Waals surface area contributed by atoms with E-state index in [9.17, 15) is 14.4 Å². The second kappa shape index (κ2) is 5.97. The van der Waals surface area contributed by atoms with Crippen LogP contribution in [0.3, 0.4) is 0 Å². The number of ketones is 1. The van der Waals surface area contributed by atoms with Crippen LogP contribution >= 0.6 is 0 Å². The van der Waals surface area contributed by atoms with Gasteiger partial charge in [-0.2, -0.15) is 0 Å². The number of benzene rings is 1. The Bertz CT molecular complexity index is 866.